The lowest BCUT2D eigenvalue weighted by Gasteiger charge is -2.23. The molecule has 0 bridgehead atoms. The van der Waals surface area contributed by atoms with Gasteiger partial charge in [0.25, 0.3) is 0 Å². The zero-order valence-corrected chi connectivity index (χ0v) is 11.5. The smallest absolute Gasteiger partial charge is 0.129 e. The van der Waals surface area contributed by atoms with Crippen molar-refractivity contribution in [1.29, 1.82) is 0 Å². The minimum absolute atomic E-state index is 0.0276. The Bertz CT molecular complexity index is 645. The lowest BCUT2D eigenvalue weighted by molar-refractivity contribution is 0.145. The van der Waals surface area contributed by atoms with Crippen molar-refractivity contribution in [2.24, 2.45) is 5.73 Å². The molecule has 0 amide bonds. The normalized spacial score (nSPS) is 14.0. The van der Waals surface area contributed by atoms with Crippen LogP contribution < -0.4 is 5.73 Å². The van der Waals surface area contributed by atoms with E-state index >= 15 is 0 Å². The Kier molecular flexibility index (Phi) is 4.65. The molecule has 0 heterocycles. The summed E-state index contributed by atoms with van der Waals surface area (Å²) in [7, 11) is 0. The van der Waals surface area contributed by atoms with Crippen LogP contribution in [0.25, 0.3) is 0 Å². The molecule has 0 aliphatic carbocycles. The van der Waals surface area contributed by atoms with E-state index in [1.165, 1.54) is 24.3 Å². The molecule has 0 aromatic heterocycles. The fourth-order valence-electron chi connectivity index (χ4n) is 2.31. The molecule has 0 aliphatic rings. The molecule has 3 N–H and O–H groups in total. The van der Waals surface area contributed by atoms with Gasteiger partial charge in [0, 0.05) is 18.5 Å². The van der Waals surface area contributed by atoms with Gasteiger partial charge >= 0.3 is 0 Å². The first kappa shape index (κ1) is 15.5. The standard InChI is InChI=1S/C16H16F3NO/c1-9-6-10(2-5-14(9)18)16(21)13(8-20)12-4-3-11(17)7-15(12)19/h2-7,13,16,21H,8,20H2,1H3. The van der Waals surface area contributed by atoms with Crippen molar-refractivity contribution >= 4 is 0 Å². The molecule has 2 aromatic carbocycles. The number of nitrogens with two attached hydrogens (primary N) is 1. The van der Waals surface area contributed by atoms with Crippen LogP contribution in [0.2, 0.25) is 0 Å². The Morgan fingerprint density at radius 1 is 1.05 bits per heavy atom. The molecule has 2 nitrogen and oxygen atoms in total. The third-order valence-electron chi connectivity index (χ3n) is 3.52. The van der Waals surface area contributed by atoms with Crippen molar-refractivity contribution < 1.29 is 18.3 Å². The van der Waals surface area contributed by atoms with E-state index in [0.29, 0.717) is 11.1 Å². The van der Waals surface area contributed by atoms with E-state index < -0.39 is 23.7 Å². The van der Waals surface area contributed by atoms with Gasteiger partial charge in [0.1, 0.15) is 17.5 Å². The number of rotatable bonds is 4. The van der Waals surface area contributed by atoms with Gasteiger partial charge in [-0.2, -0.15) is 0 Å². The topological polar surface area (TPSA) is 46.2 Å². The minimum Gasteiger partial charge on any atom is -0.388 e. The summed E-state index contributed by atoms with van der Waals surface area (Å²) in [5.41, 5.74) is 6.57. The highest BCUT2D eigenvalue weighted by molar-refractivity contribution is 5.31. The number of hydrogen-bond donors (Lipinski definition) is 2. The third-order valence-corrected chi connectivity index (χ3v) is 3.52. The van der Waals surface area contributed by atoms with Gasteiger partial charge in [-0.25, -0.2) is 13.2 Å². The summed E-state index contributed by atoms with van der Waals surface area (Å²) in [5.74, 6) is -2.58. The van der Waals surface area contributed by atoms with Crippen LogP contribution in [0, 0.1) is 24.4 Å². The highest BCUT2D eigenvalue weighted by Crippen LogP contribution is 2.32. The van der Waals surface area contributed by atoms with Crippen molar-refractivity contribution in [2.75, 3.05) is 6.54 Å². The highest BCUT2D eigenvalue weighted by atomic mass is 19.1. The maximum Gasteiger partial charge on any atom is 0.129 e. The van der Waals surface area contributed by atoms with Gasteiger partial charge in [0.05, 0.1) is 6.10 Å². The lowest BCUT2D eigenvalue weighted by atomic mass is 9.88. The van der Waals surface area contributed by atoms with Crippen molar-refractivity contribution in [3.05, 3.63) is 70.5 Å². The van der Waals surface area contributed by atoms with Crippen molar-refractivity contribution in [3.63, 3.8) is 0 Å². The number of aryl methyl sites for hydroxylation is 1. The molecule has 2 unspecified atom stereocenters. The van der Waals surface area contributed by atoms with Gasteiger partial charge in [-0.05, 0) is 35.7 Å². The molecule has 5 heteroatoms. The Hall–Kier alpha value is -1.85. The van der Waals surface area contributed by atoms with E-state index in [1.54, 1.807) is 6.92 Å². The van der Waals surface area contributed by atoms with Crippen LogP contribution in [-0.2, 0) is 0 Å². The zero-order valence-electron chi connectivity index (χ0n) is 11.5. The van der Waals surface area contributed by atoms with E-state index in [-0.39, 0.29) is 17.9 Å². The molecule has 112 valence electrons. The predicted molar refractivity (Wildman–Crippen MR) is 74.3 cm³/mol. The Morgan fingerprint density at radius 2 is 1.76 bits per heavy atom. The number of aliphatic hydroxyl groups excluding tert-OH is 1. The van der Waals surface area contributed by atoms with Crippen LogP contribution in [0.5, 0.6) is 0 Å². The second-order valence-electron chi connectivity index (χ2n) is 4.96. The Morgan fingerprint density at radius 3 is 2.33 bits per heavy atom. The van der Waals surface area contributed by atoms with E-state index in [4.69, 9.17) is 5.73 Å². The summed E-state index contributed by atoms with van der Waals surface area (Å²) in [6.07, 6.45) is -1.10. The van der Waals surface area contributed by atoms with Crippen LogP contribution in [0.4, 0.5) is 13.2 Å². The number of benzene rings is 2. The van der Waals surface area contributed by atoms with Crippen molar-refractivity contribution in [1.82, 2.24) is 0 Å². The fourth-order valence-corrected chi connectivity index (χ4v) is 2.31. The van der Waals surface area contributed by atoms with Gasteiger partial charge in [-0.3, -0.25) is 0 Å². The first-order valence-corrected chi connectivity index (χ1v) is 6.53. The molecule has 2 rings (SSSR count). The van der Waals surface area contributed by atoms with Gasteiger partial charge < -0.3 is 10.8 Å². The molecule has 0 saturated carbocycles. The molecule has 2 aromatic rings. The number of halogens is 3. The molecule has 2 atom stereocenters. The maximum absolute atomic E-state index is 13.8. The number of aliphatic hydroxyl groups is 1. The van der Waals surface area contributed by atoms with Gasteiger partial charge in [-0.15, -0.1) is 0 Å². The largest absolute Gasteiger partial charge is 0.388 e. The molecular formula is C16H16F3NO. The second kappa shape index (κ2) is 6.28. The summed E-state index contributed by atoms with van der Waals surface area (Å²) in [5, 5.41) is 10.4. The first-order chi connectivity index (χ1) is 9.93. The molecular weight excluding hydrogens is 279 g/mol. The fraction of sp³-hybridized carbons (Fsp3) is 0.250. The van der Waals surface area contributed by atoms with Crippen LogP contribution in [0.3, 0.4) is 0 Å². The average Bonchev–Trinajstić information content (AvgIpc) is 2.44. The second-order valence-corrected chi connectivity index (χ2v) is 4.96. The van der Waals surface area contributed by atoms with Gasteiger partial charge in [0.2, 0.25) is 0 Å². The number of hydrogen-bond acceptors (Lipinski definition) is 2. The van der Waals surface area contributed by atoms with Crippen molar-refractivity contribution in [3.8, 4) is 0 Å². The van der Waals surface area contributed by atoms with E-state index in [0.717, 1.165) is 12.1 Å². The highest BCUT2D eigenvalue weighted by Gasteiger charge is 2.24. The van der Waals surface area contributed by atoms with Gasteiger partial charge in [-0.1, -0.05) is 18.2 Å². The van der Waals surface area contributed by atoms with E-state index in [1.807, 2.05) is 0 Å². The SMILES string of the molecule is Cc1cc(C(O)C(CN)c2ccc(F)cc2F)ccc1F. The summed E-state index contributed by atoms with van der Waals surface area (Å²) >= 11 is 0. The zero-order chi connectivity index (χ0) is 15.6. The molecule has 0 fully saturated rings. The summed E-state index contributed by atoms with van der Waals surface area (Å²) in [6.45, 7) is 1.54. The maximum atomic E-state index is 13.8. The first-order valence-electron chi connectivity index (χ1n) is 6.53. The average molecular weight is 295 g/mol. The quantitative estimate of drug-likeness (QED) is 0.910. The molecule has 0 aliphatic heterocycles. The monoisotopic (exact) mass is 295 g/mol. The van der Waals surface area contributed by atoms with Crippen molar-refractivity contribution in [2.45, 2.75) is 18.9 Å². The van der Waals surface area contributed by atoms with Crippen LogP contribution in [0.15, 0.2) is 36.4 Å². The van der Waals surface area contributed by atoms with Gasteiger partial charge in [0.15, 0.2) is 0 Å². The van der Waals surface area contributed by atoms with Crippen LogP contribution in [-0.4, -0.2) is 11.7 Å². The summed E-state index contributed by atoms with van der Waals surface area (Å²) < 4.78 is 40.1. The van der Waals surface area contributed by atoms with Crippen LogP contribution >= 0.6 is 0 Å². The van der Waals surface area contributed by atoms with E-state index in [2.05, 4.69) is 0 Å². The van der Waals surface area contributed by atoms with Crippen LogP contribution in [0.1, 0.15) is 28.7 Å². The summed E-state index contributed by atoms with van der Waals surface area (Å²) in [6, 6.07) is 7.29. The molecule has 0 radical (unpaired) electrons. The minimum atomic E-state index is -1.10. The van der Waals surface area contributed by atoms with E-state index in [9.17, 15) is 18.3 Å². The lowest BCUT2D eigenvalue weighted by Crippen LogP contribution is -2.21. The molecule has 0 saturated heterocycles. The molecule has 21 heavy (non-hydrogen) atoms. The Balaban J connectivity index is 2.37. The third kappa shape index (κ3) is 3.25. The predicted octanol–water partition coefficient (Wildman–Crippen LogP) is 3.19. The molecule has 0 spiro atoms. The Labute approximate surface area is 121 Å². The summed E-state index contributed by atoms with van der Waals surface area (Å²) in [4.78, 5) is 0.